The molecule has 0 bridgehead atoms. The number of aromatic nitrogens is 2. The molecule has 2 aliphatic rings. The van der Waals surface area contributed by atoms with Crippen molar-refractivity contribution in [2.24, 2.45) is 4.99 Å². The lowest BCUT2D eigenvalue weighted by Gasteiger charge is -2.33. The summed E-state index contributed by atoms with van der Waals surface area (Å²) in [5, 5.41) is 5.61. The normalized spacial score (nSPS) is 13.3. The lowest BCUT2D eigenvalue weighted by molar-refractivity contribution is 0.0884. The number of nitrogens with zero attached hydrogens (tertiary/aromatic N) is 7. The van der Waals surface area contributed by atoms with Gasteiger partial charge in [0, 0.05) is 88.2 Å². The van der Waals surface area contributed by atoms with Crippen molar-refractivity contribution in [3.05, 3.63) is 132 Å². The van der Waals surface area contributed by atoms with Crippen LogP contribution in [0, 0.1) is 13.8 Å². The number of anilines is 3. The molecule has 6 rings (SSSR count). The first-order chi connectivity index (χ1) is 29.0. The maximum atomic E-state index is 12.2. The van der Waals surface area contributed by atoms with Crippen molar-refractivity contribution in [1.82, 2.24) is 29.6 Å². The molecule has 4 N–H and O–H groups in total. The number of nitrogens with two attached hydrogens (primary N) is 1. The number of nitrogens with one attached hydrogen (secondary N) is 2. The van der Waals surface area contributed by atoms with Gasteiger partial charge in [0.2, 0.25) is 6.08 Å². The Morgan fingerprint density at radius 1 is 0.700 bits per heavy atom. The Bertz CT molecular complexity index is 2070. The number of rotatable bonds is 7. The first kappa shape index (κ1) is 47.3. The summed E-state index contributed by atoms with van der Waals surface area (Å²) in [6.07, 6.45) is 4.08. The second kappa shape index (κ2) is 26.1. The Hall–Kier alpha value is -7.05. The molecule has 16 heteroatoms. The van der Waals surface area contributed by atoms with Gasteiger partial charge in [0.25, 0.3) is 0 Å². The van der Waals surface area contributed by atoms with E-state index in [1.807, 2.05) is 68.4 Å². The zero-order valence-electron chi connectivity index (χ0n) is 34.7. The fraction of sp³-hybridized carbons (Fsp3) is 0.318. The Balaban J connectivity index is 0.000000255. The van der Waals surface area contributed by atoms with Crippen LogP contribution in [0.5, 0.6) is 0 Å². The zero-order valence-corrected chi connectivity index (χ0v) is 34.7. The average Bonchev–Trinajstić information content (AvgIpc) is 3.26. The van der Waals surface area contributed by atoms with E-state index in [9.17, 15) is 19.2 Å². The highest BCUT2D eigenvalue weighted by atomic mass is 16.5. The minimum absolute atomic E-state index is 0.237. The molecular weight excluding hydrogens is 765 g/mol. The molecule has 0 atom stereocenters. The molecule has 2 aromatic carbocycles. The zero-order chi connectivity index (χ0) is 43.7. The van der Waals surface area contributed by atoms with E-state index in [2.05, 4.69) is 66.1 Å². The van der Waals surface area contributed by atoms with Crippen LogP contribution in [0.2, 0.25) is 0 Å². The number of hydrogen-bond acceptors (Lipinski definition) is 12. The third kappa shape index (κ3) is 17.6. The smallest absolute Gasteiger partial charge is 0.409 e. The van der Waals surface area contributed by atoms with Crippen molar-refractivity contribution in [2.45, 2.75) is 26.9 Å². The van der Waals surface area contributed by atoms with Crippen LogP contribution >= 0.6 is 0 Å². The molecule has 0 saturated carbocycles. The Kier molecular flexibility index (Phi) is 20.5. The van der Waals surface area contributed by atoms with Gasteiger partial charge in [-0.15, -0.1) is 0 Å². The summed E-state index contributed by atoms with van der Waals surface area (Å²) in [6, 6.07) is 22.5. The van der Waals surface area contributed by atoms with Crippen molar-refractivity contribution in [2.75, 3.05) is 82.9 Å². The predicted octanol–water partition coefficient (Wildman–Crippen LogP) is 6.54. The number of nitrogen functional groups attached to an aromatic ring is 1. The summed E-state index contributed by atoms with van der Waals surface area (Å²) >= 11 is 0. The van der Waals surface area contributed by atoms with Gasteiger partial charge >= 0.3 is 18.2 Å². The minimum Gasteiger partial charge on any atom is -0.453 e. The van der Waals surface area contributed by atoms with Crippen LogP contribution in [-0.2, 0) is 27.4 Å². The molecule has 0 spiro atoms. The molecule has 4 amide bonds. The van der Waals surface area contributed by atoms with Crippen molar-refractivity contribution in [1.29, 1.82) is 0 Å². The summed E-state index contributed by atoms with van der Waals surface area (Å²) in [5.74, 6) is 0. The molecule has 16 nitrogen and oxygen atoms in total. The van der Waals surface area contributed by atoms with Crippen molar-refractivity contribution >= 4 is 47.0 Å². The van der Waals surface area contributed by atoms with Gasteiger partial charge in [-0.3, -0.25) is 19.8 Å². The number of aryl methyl sites for hydroxylation is 2. The topological polar surface area (TPSA) is 188 Å². The quantitative estimate of drug-likeness (QED) is 0.0795. The van der Waals surface area contributed by atoms with Crippen molar-refractivity contribution in [3.63, 3.8) is 0 Å². The van der Waals surface area contributed by atoms with Gasteiger partial charge in [-0.05, 0) is 86.7 Å². The van der Waals surface area contributed by atoms with E-state index in [4.69, 9.17) is 15.2 Å². The molecular formula is C44H54N10O6. The standard InChI is InChI=1S/C20H25N5O3.C13H19N3O2.C7H6N2O.C4H4/c1-15-6-7-18(13-21-15)23-19(26)22-17-5-3-4-16(12-17)14-24-8-10-25(11-9-24)20(27)28-2;1-18-13(17)16-7-5-15(6-8-16)10-11-3-2-4-12(14)9-11;1-6-2-3-7(4-8-6)9-5-10;1-3-4-2/h3-7,12-13H,8-11,14H2,1-2H3,(H2,22,23,26);2-4,9H,5-8,10,14H2,1H3;2-4H,1H3;1-2H2. The summed E-state index contributed by atoms with van der Waals surface area (Å²) in [7, 11) is 2.82. The Morgan fingerprint density at radius 3 is 1.65 bits per heavy atom. The number of pyridine rings is 2. The fourth-order valence-electron chi connectivity index (χ4n) is 5.80. The van der Waals surface area contributed by atoms with E-state index >= 15 is 0 Å². The Morgan fingerprint density at radius 2 is 1.20 bits per heavy atom. The van der Waals surface area contributed by atoms with E-state index in [-0.39, 0.29) is 18.2 Å². The van der Waals surface area contributed by atoms with Crippen LogP contribution < -0.4 is 16.4 Å². The van der Waals surface area contributed by atoms with Crippen LogP contribution in [-0.4, -0.2) is 120 Å². The third-order valence-electron chi connectivity index (χ3n) is 8.92. The van der Waals surface area contributed by atoms with Gasteiger partial charge in [-0.1, -0.05) is 35.7 Å². The van der Waals surface area contributed by atoms with Gasteiger partial charge in [0.15, 0.2) is 0 Å². The molecule has 0 radical (unpaired) electrons. The first-order valence-electron chi connectivity index (χ1n) is 19.1. The number of carbonyl (C=O) groups is 3. The summed E-state index contributed by atoms with van der Waals surface area (Å²) < 4.78 is 9.47. The maximum absolute atomic E-state index is 12.2. The molecule has 0 aliphatic carbocycles. The number of benzene rings is 2. The average molecular weight is 819 g/mol. The number of methoxy groups -OCH3 is 2. The molecule has 2 saturated heterocycles. The second-order valence-electron chi connectivity index (χ2n) is 13.4. The number of urea groups is 1. The molecule has 316 valence electrons. The van der Waals surface area contributed by atoms with Gasteiger partial charge in [-0.2, -0.15) is 4.99 Å². The number of ether oxygens (including phenoxy) is 2. The SMILES string of the molecule is C=C=C=C.COC(=O)N1CCN(Cc2cccc(N)c2)CC1.COC(=O)N1CCN(Cc2cccc(NC(=O)Nc3ccc(C)nc3)c2)CC1.Cc1ccc(N=C=O)cn1. The first-order valence-corrected chi connectivity index (χ1v) is 19.1. The summed E-state index contributed by atoms with van der Waals surface area (Å²) in [5.41, 5.74) is 17.2. The molecule has 4 aromatic rings. The molecule has 2 aromatic heterocycles. The lowest BCUT2D eigenvalue weighted by Crippen LogP contribution is -2.48. The van der Waals surface area contributed by atoms with E-state index < -0.39 is 0 Å². The van der Waals surface area contributed by atoms with Gasteiger partial charge < -0.3 is 35.6 Å². The van der Waals surface area contributed by atoms with Gasteiger partial charge in [0.05, 0.1) is 38.0 Å². The highest BCUT2D eigenvalue weighted by Crippen LogP contribution is 2.16. The largest absolute Gasteiger partial charge is 0.453 e. The number of aliphatic imine (C=N–C) groups is 1. The molecule has 2 fully saturated rings. The molecule has 0 unspecified atom stereocenters. The summed E-state index contributed by atoms with van der Waals surface area (Å²) in [4.78, 5) is 64.3. The predicted molar refractivity (Wildman–Crippen MR) is 232 cm³/mol. The van der Waals surface area contributed by atoms with Gasteiger partial charge in [-0.25, -0.2) is 19.2 Å². The number of amides is 4. The summed E-state index contributed by atoms with van der Waals surface area (Å²) in [6.45, 7) is 17.8. The molecule has 4 heterocycles. The highest BCUT2D eigenvalue weighted by Gasteiger charge is 2.22. The monoisotopic (exact) mass is 818 g/mol. The maximum Gasteiger partial charge on any atom is 0.409 e. The number of hydrogen-bond donors (Lipinski definition) is 3. The van der Waals surface area contributed by atoms with Gasteiger partial charge in [0.1, 0.15) is 0 Å². The third-order valence-corrected chi connectivity index (χ3v) is 8.92. The number of isocyanates is 1. The molecule has 60 heavy (non-hydrogen) atoms. The van der Waals surface area contributed by atoms with E-state index in [1.165, 1.54) is 32.1 Å². The molecule has 2 aliphatic heterocycles. The van der Waals surface area contributed by atoms with Crippen LogP contribution in [0.1, 0.15) is 22.5 Å². The number of piperazine rings is 2. The Labute approximate surface area is 351 Å². The second-order valence-corrected chi connectivity index (χ2v) is 13.4. The minimum atomic E-state index is -0.311. The van der Waals surface area contributed by atoms with Crippen LogP contribution in [0.4, 0.5) is 37.1 Å². The van der Waals surface area contributed by atoms with E-state index in [0.29, 0.717) is 24.5 Å². The van der Waals surface area contributed by atoms with Crippen LogP contribution in [0.3, 0.4) is 0 Å². The van der Waals surface area contributed by atoms with E-state index in [0.717, 1.165) is 80.7 Å². The van der Waals surface area contributed by atoms with Crippen LogP contribution in [0.25, 0.3) is 0 Å². The van der Waals surface area contributed by atoms with Crippen molar-refractivity contribution < 1.29 is 28.7 Å². The highest BCUT2D eigenvalue weighted by molar-refractivity contribution is 5.99. The lowest BCUT2D eigenvalue weighted by atomic mass is 10.1. The van der Waals surface area contributed by atoms with E-state index in [1.54, 1.807) is 28.1 Å². The van der Waals surface area contributed by atoms with Crippen molar-refractivity contribution in [3.8, 4) is 0 Å². The fourth-order valence-corrected chi connectivity index (χ4v) is 5.80. The number of carbonyl (C=O) groups excluding carboxylic acids is 4. The van der Waals surface area contributed by atoms with Crippen LogP contribution in [0.15, 0.2) is 115 Å².